The van der Waals surface area contributed by atoms with E-state index in [1.165, 1.54) is 0 Å². The average molecular weight is 342 g/mol. The van der Waals surface area contributed by atoms with Crippen LogP contribution in [0.5, 0.6) is 0 Å². The molecule has 2 aliphatic rings. The smallest absolute Gasteiger partial charge is 0.262 e. The van der Waals surface area contributed by atoms with E-state index >= 15 is 0 Å². The number of carbonyl (C=O) groups excluding carboxylic acids is 4. The van der Waals surface area contributed by atoms with Gasteiger partial charge in [0, 0.05) is 6.42 Å². The monoisotopic (exact) mass is 342 g/mol. The highest BCUT2D eigenvalue weighted by atomic mass is 16.2. The van der Waals surface area contributed by atoms with Gasteiger partial charge in [-0.05, 0) is 36.3 Å². The van der Waals surface area contributed by atoms with E-state index in [9.17, 15) is 19.2 Å². The summed E-state index contributed by atoms with van der Waals surface area (Å²) >= 11 is 0. The van der Waals surface area contributed by atoms with Gasteiger partial charge in [-0.3, -0.25) is 29.4 Å². The van der Waals surface area contributed by atoms with Crippen LogP contribution >= 0.6 is 0 Å². The lowest BCUT2D eigenvalue weighted by Gasteiger charge is -2.27. The van der Waals surface area contributed by atoms with Gasteiger partial charge in [-0.1, -0.05) is 32.9 Å². The fourth-order valence-electron chi connectivity index (χ4n) is 3.30. The first-order valence-electron chi connectivity index (χ1n) is 8.52. The first-order valence-corrected chi connectivity index (χ1v) is 8.52. The number of nitrogens with zero attached hydrogens (tertiary/aromatic N) is 1. The van der Waals surface area contributed by atoms with Crippen LogP contribution in [0.1, 0.15) is 66.3 Å². The molecule has 1 unspecified atom stereocenters. The average Bonchev–Trinajstić information content (AvgIpc) is 2.77. The van der Waals surface area contributed by atoms with Crippen LogP contribution in [0.25, 0.3) is 0 Å². The lowest BCUT2D eigenvalue weighted by atomic mass is 9.87. The van der Waals surface area contributed by atoms with Crippen molar-refractivity contribution in [2.75, 3.05) is 0 Å². The molecule has 0 aliphatic carbocycles. The minimum absolute atomic E-state index is 0.109. The summed E-state index contributed by atoms with van der Waals surface area (Å²) in [7, 11) is 0. The van der Waals surface area contributed by atoms with Crippen molar-refractivity contribution in [2.24, 2.45) is 5.41 Å². The Labute approximate surface area is 146 Å². The summed E-state index contributed by atoms with van der Waals surface area (Å²) < 4.78 is 0. The zero-order chi connectivity index (χ0) is 18.4. The number of fused-ring (bicyclic) bond motifs is 1. The Morgan fingerprint density at radius 3 is 2.48 bits per heavy atom. The number of piperidine rings is 1. The van der Waals surface area contributed by atoms with Gasteiger partial charge < -0.3 is 0 Å². The summed E-state index contributed by atoms with van der Waals surface area (Å²) in [6.07, 6.45) is 1.87. The third-order valence-electron chi connectivity index (χ3n) is 4.70. The molecule has 0 spiro atoms. The van der Waals surface area contributed by atoms with Crippen LogP contribution in [-0.4, -0.2) is 34.6 Å². The highest BCUT2D eigenvalue weighted by molar-refractivity contribution is 6.24. The molecule has 6 heteroatoms. The van der Waals surface area contributed by atoms with E-state index in [2.05, 4.69) is 26.1 Å². The summed E-state index contributed by atoms with van der Waals surface area (Å²) in [4.78, 5) is 50.1. The number of amides is 4. The Balaban J connectivity index is 1.91. The molecule has 2 aliphatic heterocycles. The van der Waals surface area contributed by atoms with E-state index in [0.29, 0.717) is 17.5 Å². The predicted molar refractivity (Wildman–Crippen MR) is 90.9 cm³/mol. The van der Waals surface area contributed by atoms with E-state index in [0.717, 1.165) is 16.9 Å². The molecule has 4 amide bonds. The van der Waals surface area contributed by atoms with Crippen molar-refractivity contribution in [1.82, 2.24) is 10.2 Å². The van der Waals surface area contributed by atoms with Crippen molar-refractivity contribution < 1.29 is 19.2 Å². The zero-order valence-corrected chi connectivity index (χ0v) is 14.7. The summed E-state index contributed by atoms with van der Waals surface area (Å²) in [5.41, 5.74) is 1.70. The molecule has 1 N–H and O–H groups in total. The van der Waals surface area contributed by atoms with E-state index in [4.69, 9.17) is 0 Å². The largest absolute Gasteiger partial charge is 0.295 e. The van der Waals surface area contributed by atoms with Crippen LogP contribution < -0.4 is 5.32 Å². The van der Waals surface area contributed by atoms with Crippen molar-refractivity contribution in [3.63, 3.8) is 0 Å². The van der Waals surface area contributed by atoms with Gasteiger partial charge in [-0.15, -0.1) is 0 Å². The fourth-order valence-corrected chi connectivity index (χ4v) is 3.30. The standard InChI is InChI=1S/C19H22N2O4/c1-19(2,3)10-9-11-5-4-6-12-15(11)18(25)21(17(12)24)13-7-8-14(22)20-16(13)23/h4-6,13H,7-10H2,1-3H3,(H,20,22,23). The predicted octanol–water partition coefficient (Wildman–Crippen LogP) is 2.07. The number of rotatable bonds is 3. The quantitative estimate of drug-likeness (QED) is 0.852. The summed E-state index contributed by atoms with van der Waals surface area (Å²) in [5.74, 6) is -1.84. The molecular weight excluding hydrogens is 320 g/mol. The molecule has 1 fully saturated rings. The maximum Gasteiger partial charge on any atom is 0.262 e. The van der Waals surface area contributed by atoms with Gasteiger partial charge in [0.15, 0.2) is 0 Å². The summed E-state index contributed by atoms with van der Waals surface area (Å²) in [5, 5.41) is 2.21. The van der Waals surface area contributed by atoms with Crippen LogP contribution in [-0.2, 0) is 16.0 Å². The Morgan fingerprint density at radius 1 is 1.12 bits per heavy atom. The lowest BCUT2D eigenvalue weighted by Crippen LogP contribution is -2.54. The minimum Gasteiger partial charge on any atom is -0.295 e. The van der Waals surface area contributed by atoms with Crippen LogP contribution in [0.4, 0.5) is 0 Å². The Bertz CT molecular complexity index is 776. The van der Waals surface area contributed by atoms with Gasteiger partial charge >= 0.3 is 0 Å². The SMILES string of the molecule is CC(C)(C)CCc1cccc2c1C(=O)N(C1CCC(=O)NC1=O)C2=O. The van der Waals surface area contributed by atoms with Gasteiger partial charge in [-0.2, -0.15) is 0 Å². The van der Waals surface area contributed by atoms with Crippen molar-refractivity contribution in [3.05, 3.63) is 34.9 Å². The molecule has 1 atom stereocenters. The van der Waals surface area contributed by atoms with Crippen LogP contribution in [0.15, 0.2) is 18.2 Å². The van der Waals surface area contributed by atoms with Crippen molar-refractivity contribution in [2.45, 2.75) is 52.5 Å². The zero-order valence-electron chi connectivity index (χ0n) is 14.7. The molecule has 0 bridgehead atoms. The summed E-state index contributed by atoms with van der Waals surface area (Å²) in [6, 6.07) is 4.35. The Hall–Kier alpha value is -2.50. The molecule has 2 heterocycles. The van der Waals surface area contributed by atoms with Crippen molar-refractivity contribution in [1.29, 1.82) is 0 Å². The maximum absolute atomic E-state index is 12.9. The second-order valence-corrected chi connectivity index (χ2v) is 7.85. The molecule has 6 nitrogen and oxygen atoms in total. The molecule has 0 aromatic heterocycles. The summed E-state index contributed by atoms with van der Waals surface area (Å²) in [6.45, 7) is 6.37. The first-order chi connectivity index (χ1) is 11.7. The Morgan fingerprint density at radius 2 is 1.84 bits per heavy atom. The molecule has 1 saturated heterocycles. The molecule has 3 rings (SSSR count). The topological polar surface area (TPSA) is 83.6 Å². The lowest BCUT2D eigenvalue weighted by molar-refractivity contribution is -0.136. The van der Waals surface area contributed by atoms with E-state index in [-0.39, 0.29) is 24.2 Å². The molecule has 132 valence electrons. The third kappa shape index (κ3) is 3.21. The number of benzene rings is 1. The normalized spacial score (nSPS) is 20.8. The molecule has 0 radical (unpaired) electrons. The van der Waals surface area contributed by atoms with E-state index in [1.54, 1.807) is 12.1 Å². The number of aryl methyl sites for hydroxylation is 1. The third-order valence-corrected chi connectivity index (χ3v) is 4.70. The second kappa shape index (κ2) is 6.10. The Kier molecular flexibility index (Phi) is 4.22. The van der Waals surface area contributed by atoms with Crippen molar-refractivity contribution >= 4 is 23.6 Å². The molecule has 1 aromatic rings. The number of carbonyl (C=O) groups is 4. The van der Waals surface area contributed by atoms with Crippen LogP contribution in [0.2, 0.25) is 0 Å². The van der Waals surface area contributed by atoms with Crippen LogP contribution in [0, 0.1) is 5.41 Å². The molecule has 0 saturated carbocycles. The van der Waals surface area contributed by atoms with Gasteiger partial charge in [-0.25, -0.2) is 0 Å². The van der Waals surface area contributed by atoms with Gasteiger partial charge in [0.05, 0.1) is 11.1 Å². The van der Waals surface area contributed by atoms with Gasteiger partial charge in [0.1, 0.15) is 6.04 Å². The number of hydrogen-bond acceptors (Lipinski definition) is 4. The maximum atomic E-state index is 12.9. The second-order valence-electron chi connectivity index (χ2n) is 7.85. The number of imide groups is 2. The van der Waals surface area contributed by atoms with E-state index in [1.807, 2.05) is 6.07 Å². The number of nitrogens with one attached hydrogen (secondary N) is 1. The molecular formula is C19H22N2O4. The highest BCUT2D eigenvalue weighted by Crippen LogP contribution is 2.32. The minimum atomic E-state index is -0.916. The van der Waals surface area contributed by atoms with Gasteiger partial charge in [0.25, 0.3) is 11.8 Å². The van der Waals surface area contributed by atoms with Crippen LogP contribution in [0.3, 0.4) is 0 Å². The first kappa shape index (κ1) is 17.3. The highest BCUT2D eigenvalue weighted by Gasteiger charge is 2.45. The van der Waals surface area contributed by atoms with E-state index < -0.39 is 23.8 Å². The molecule has 25 heavy (non-hydrogen) atoms. The number of hydrogen-bond donors (Lipinski definition) is 1. The van der Waals surface area contributed by atoms with Crippen molar-refractivity contribution in [3.8, 4) is 0 Å². The molecule has 1 aromatic carbocycles. The van der Waals surface area contributed by atoms with Gasteiger partial charge in [0.2, 0.25) is 11.8 Å². The fraction of sp³-hybridized carbons (Fsp3) is 0.474.